The van der Waals surface area contributed by atoms with E-state index in [1.807, 2.05) is 30.7 Å². The molecule has 0 atom stereocenters. The Labute approximate surface area is 107 Å². The highest BCUT2D eigenvalue weighted by Gasteiger charge is 2.33. The van der Waals surface area contributed by atoms with Crippen LogP contribution in [0.1, 0.15) is 5.56 Å². The fourth-order valence-corrected chi connectivity index (χ4v) is 2.85. The van der Waals surface area contributed by atoms with Crippen LogP contribution in [0.25, 0.3) is 28.3 Å². The minimum Gasteiger partial charge on any atom is -0.414 e. The van der Waals surface area contributed by atoms with E-state index in [1.54, 1.807) is 6.20 Å². The molecule has 0 amide bonds. The third kappa shape index (κ3) is 1.03. The number of aromatic nitrogens is 4. The van der Waals surface area contributed by atoms with Crippen molar-refractivity contribution in [1.29, 1.82) is 0 Å². The maximum atomic E-state index is 5.82. The van der Waals surface area contributed by atoms with E-state index in [0.29, 0.717) is 0 Å². The zero-order chi connectivity index (χ0) is 12.4. The molecule has 90 valence electrons. The van der Waals surface area contributed by atoms with Crippen LogP contribution < -0.4 is 4.57 Å². The summed E-state index contributed by atoms with van der Waals surface area (Å²) in [6.45, 7) is 0.860. The fourth-order valence-electron chi connectivity index (χ4n) is 2.85. The van der Waals surface area contributed by atoms with Gasteiger partial charge in [0.25, 0.3) is 5.65 Å². The Hall–Kier alpha value is -2.69. The number of hydrogen-bond donors (Lipinski definition) is 0. The summed E-state index contributed by atoms with van der Waals surface area (Å²) in [4.78, 5) is 8.66. The number of fused-ring (bicyclic) bond motifs is 7. The third-order valence-electron chi connectivity index (χ3n) is 3.64. The molecule has 5 rings (SSSR count). The molecule has 19 heavy (non-hydrogen) atoms. The lowest BCUT2D eigenvalue weighted by Gasteiger charge is -1.91. The number of hydrogen-bond acceptors (Lipinski definition) is 3. The lowest BCUT2D eigenvalue weighted by atomic mass is 10.2. The summed E-state index contributed by atoms with van der Waals surface area (Å²) in [5.74, 6) is 1.09. The molecule has 5 nitrogen and oxygen atoms in total. The summed E-state index contributed by atoms with van der Waals surface area (Å²) in [6.07, 6.45) is 7.55. The quantitative estimate of drug-likeness (QED) is 0.393. The third-order valence-corrected chi connectivity index (χ3v) is 3.64. The van der Waals surface area contributed by atoms with E-state index in [-0.39, 0.29) is 0 Å². The van der Waals surface area contributed by atoms with Crippen molar-refractivity contribution in [2.75, 3.05) is 0 Å². The zero-order valence-electron chi connectivity index (χ0n) is 9.95. The van der Waals surface area contributed by atoms with Crippen LogP contribution in [-0.4, -0.2) is 14.4 Å². The molecular weight excluding hydrogens is 240 g/mol. The van der Waals surface area contributed by atoms with Gasteiger partial charge in [-0.3, -0.25) is 4.98 Å². The Balaban J connectivity index is 2.00. The van der Waals surface area contributed by atoms with E-state index >= 15 is 0 Å². The Morgan fingerprint density at radius 2 is 2.26 bits per heavy atom. The van der Waals surface area contributed by atoms with Gasteiger partial charge in [0.1, 0.15) is 6.54 Å². The minimum absolute atomic E-state index is 0.804. The van der Waals surface area contributed by atoms with Crippen LogP contribution in [0.5, 0.6) is 0 Å². The molecule has 0 bridgehead atoms. The minimum atomic E-state index is 0.804. The van der Waals surface area contributed by atoms with Gasteiger partial charge in [-0.2, -0.15) is 0 Å². The summed E-state index contributed by atoms with van der Waals surface area (Å²) >= 11 is 0. The molecule has 4 aromatic rings. The maximum Gasteiger partial charge on any atom is 0.337 e. The first-order valence-electron chi connectivity index (χ1n) is 6.13. The second kappa shape index (κ2) is 3.00. The van der Waals surface area contributed by atoms with Crippen LogP contribution in [-0.2, 0) is 6.54 Å². The first kappa shape index (κ1) is 9.27. The SMILES string of the molecule is c1cnc2c(c1)oc1c[n+]3c(n12)-c1cnccc1C3. The van der Waals surface area contributed by atoms with Gasteiger partial charge in [-0.1, -0.05) is 0 Å². The molecule has 1 aliphatic heterocycles. The normalized spacial score (nSPS) is 13.1. The average Bonchev–Trinajstić information content (AvgIpc) is 3.04. The van der Waals surface area contributed by atoms with E-state index in [0.717, 1.165) is 34.9 Å². The lowest BCUT2D eigenvalue weighted by molar-refractivity contribution is -0.670. The highest BCUT2D eigenvalue weighted by Crippen LogP contribution is 2.30. The summed E-state index contributed by atoms with van der Waals surface area (Å²) in [7, 11) is 0. The molecule has 0 saturated heterocycles. The average molecular weight is 249 g/mol. The first-order valence-corrected chi connectivity index (χ1v) is 6.13. The Bertz CT molecular complexity index is 951. The summed E-state index contributed by atoms with van der Waals surface area (Å²) in [6, 6.07) is 5.88. The number of pyridine rings is 2. The van der Waals surface area contributed by atoms with Gasteiger partial charge in [0.2, 0.25) is 0 Å². The number of imidazole rings is 1. The summed E-state index contributed by atoms with van der Waals surface area (Å²) in [5.41, 5.74) is 4.90. The summed E-state index contributed by atoms with van der Waals surface area (Å²) in [5, 5.41) is 0. The fraction of sp³-hybridized carbons (Fsp3) is 0.0714. The van der Waals surface area contributed by atoms with Crippen molar-refractivity contribution in [3.05, 3.63) is 48.5 Å². The van der Waals surface area contributed by atoms with Crippen molar-refractivity contribution in [2.24, 2.45) is 0 Å². The van der Waals surface area contributed by atoms with Crippen molar-refractivity contribution < 1.29 is 8.98 Å². The van der Waals surface area contributed by atoms with Gasteiger partial charge in [-0.05, 0) is 18.2 Å². The lowest BCUT2D eigenvalue weighted by Crippen LogP contribution is -2.29. The van der Waals surface area contributed by atoms with Gasteiger partial charge in [-0.15, -0.1) is 4.40 Å². The topological polar surface area (TPSA) is 47.2 Å². The van der Waals surface area contributed by atoms with Gasteiger partial charge < -0.3 is 4.42 Å². The summed E-state index contributed by atoms with van der Waals surface area (Å²) < 4.78 is 10.1. The van der Waals surface area contributed by atoms with E-state index < -0.39 is 0 Å². The van der Waals surface area contributed by atoms with Crippen LogP contribution in [0.15, 0.2) is 47.4 Å². The van der Waals surface area contributed by atoms with E-state index in [2.05, 4.69) is 25.0 Å². The Kier molecular flexibility index (Phi) is 1.46. The second-order valence-corrected chi connectivity index (χ2v) is 4.71. The molecule has 5 heteroatoms. The van der Waals surface area contributed by atoms with Crippen LogP contribution in [0.3, 0.4) is 0 Å². The van der Waals surface area contributed by atoms with Gasteiger partial charge in [0, 0.05) is 24.2 Å². The van der Waals surface area contributed by atoms with Crippen LogP contribution in [0, 0.1) is 0 Å². The highest BCUT2D eigenvalue weighted by atomic mass is 16.3. The smallest absolute Gasteiger partial charge is 0.337 e. The van der Waals surface area contributed by atoms with Crippen molar-refractivity contribution in [3.63, 3.8) is 0 Å². The van der Waals surface area contributed by atoms with Gasteiger partial charge in [0.05, 0.1) is 5.56 Å². The van der Waals surface area contributed by atoms with Crippen LogP contribution in [0.2, 0.25) is 0 Å². The molecule has 0 radical (unpaired) electrons. The molecule has 0 spiro atoms. The van der Waals surface area contributed by atoms with Gasteiger partial charge in [-0.25, -0.2) is 9.55 Å². The molecule has 0 saturated carbocycles. The van der Waals surface area contributed by atoms with Gasteiger partial charge in [0.15, 0.2) is 11.8 Å². The number of nitrogens with zero attached hydrogens (tertiary/aromatic N) is 4. The predicted molar refractivity (Wildman–Crippen MR) is 67.5 cm³/mol. The molecule has 1 aliphatic rings. The predicted octanol–water partition coefficient (Wildman–Crippen LogP) is 1.79. The maximum absolute atomic E-state index is 5.82. The highest BCUT2D eigenvalue weighted by molar-refractivity contribution is 5.76. The van der Waals surface area contributed by atoms with Crippen molar-refractivity contribution in [3.8, 4) is 11.4 Å². The molecular formula is C14H9N4O+. The molecule has 0 fully saturated rings. The van der Waals surface area contributed by atoms with E-state index in [9.17, 15) is 0 Å². The van der Waals surface area contributed by atoms with Crippen LogP contribution in [0.4, 0.5) is 0 Å². The van der Waals surface area contributed by atoms with Crippen molar-refractivity contribution >= 4 is 16.9 Å². The second-order valence-electron chi connectivity index (χ2n) is 4.71. The molecule has 0 aromatic carbocycles. The Morgan fingerprint density at radius 1 is 1.26 bits per heavy atom. The number of rotatable bonds is 0. The number of oxazole rings is 1. The van der Waals surface area contributed by atoms with Crippen LogP contribution >= 0.6 is 0 Å². The zero-order valence-corrected chi connectivity index (χ0v) is 9.95. The monoisotopic (exact) mass is 249 g/mol. The van der Waals surface area contributed by atoms with Crippen molar-refractivity contribution in [1.82, 2.24) is 14.4 Å². The largest absolute Gasteiger partial charge is 0.414 e. The standard InChI is InChI=1S/C14H9N4O/c1-2-11-13(16-4-1)18-12(19-11)8-17-7-9-3-5-15-6-10(9)14(17)18/h1-6,8H,7H2/q+1. The van der Waals surface area contributed by atoms with Gasteiger partial charge >= 0.3 is 11.5 Å². The Morgan fingerprint density at radius 3 is 3.26 bits per heavy atom. The van der Waals surface area contributed by atoms with Crippen molar-refractivity contribution in [2.45, 2.75) is 6.54 Å². The molecule has 0 N–H and O–H groups in total. The molecule has 0 unspecified atom stereocenters. The molecule has 0 aliphatic carbocycles. The molecule has 4 aromatic heterocycles. The van der Waals surface area contributed by atoms with E-state index in [1.165, 1.54) is 5.56 Å². The first-order chi connectivity index (χ1) is 9.42. The molecule has 5 heterocycles. The van der Waals surface area contributed by atoms with E-state index in [4.69, 9.17) is 4.42 Å².